The van der Waals surface area contributed by atoms with Gasteiger partial charge in [-0.1, -0.05) is 35.6 Å². The molecule has 1 aliphatic heterocycles. The molecule has 1 atom stereocenters. The van der Waals surface area contributed by atoms with E-state index in [-0.39, 0.29) is 24.3 Å². The van der Waals surface area contributed by atoms with E-state index in [0.29, 0.717) is 5.13 Å². The Morgan fingerprint density at radius 1 is 1.36 bits per heavy atom. The van der Waals surface area contributed by atoms with Crippen LogP contribution in [0.1, 0.15) is 30.5 Å². The number of amides is 2. The van der Waals surface area contributed by atoms with Gasteiger partial charge in [0.2, 0.25) is 16.9 Å². The number of carbonyl (C=O) groups is 2. The summed E-state index contributed by atoms with van der Waals surface area (Å²) in [5, 5.41) is 10.6. The zero-order valence-electron chi connectivity index (χ0n) is 11.9. The average molecular weight is 314 g/mol. The topological polar surface area (TPSA) is 75.2 Å². The van der Waals surface area contributed by atoms with Gasteiger partial charge >= 0.3 is 0 Å². The summed E-state index contributed by atoms with van der Waals surface area (Å²) in [5.74, 6) is -0.294. The minimum absolute atomic E-state index is 0.0977. The van der Waals surface area contributed by atoms with Crippen molar-refractivity contribution in [2.24, 2.45) is 0 Å². The highest BCUT2D eigenvalue weighted by molar-refractivity contribution is 7.13. The van der Waals surface area contributed by atoms with E-state index in [1.54, 1.807) is 16.6 Å². The fourth-order valence-electron chi connectivity index (χ4n) is 2.49. The Bertz CT molecular complexity index is 727. The Morgan fingerprint density at radius 3 is 2.91 bits per heavy atom. The van der Waals surface area contributed by atoms with Crippen molar-refractivity contribution in [3.63, 3.8) is 0 Å². The Labute approximate surface area is 131 Å². The fraction of sp³-hybridized carbons (Fsp3) is 0.200. The summed E-state index contributed by atoms with van der Waals surface area (Å²) in [5.41, 5.74) is 3.54. The summed E-state index contributed by atoms with van der Waals surface area (Å²) in [4.78, 5) is 25.6. The molecule has 0 spiro atoms. The summed E-state index contributed by atoms with van der Waals surface area (Å²) in [6, 6.07) is 7.44. The number of rotatable bonds is 3. The molecule has 1 unspecified atom stereocenters. The standard InChI is InChI=1S/C15H14N4O2S/c1-10(20)19-7-6-11-4-2-3-5-12(11)13(19)8-14(21)17-15-18-16-9-22-15/h2-7,9,13H,8H2,1H3,(H,17,18,21). The summed E-state index contributed by atoms with van der Waals surface area (Å²) >= 11 is 1.26. The van der Waals surface area contributed by atoms with Crippen LogP contribution in [-0.2, 0) is 9.59 Å². The molecule has 6 nitrogen and oxygen atoms in total. The summed E-state index contributed by atoms with van der Waals surface area (Å²) < 4.78 is 0. The van der Waals surface area contributed by atoms with E-state index in [1.807, 2.05) is 30.3 Å². The third kappa shape index (κ3) is 2.89. The van der Waals surface area contributed by atoms with E-state index >= 15 is 0 Å². The van der Waals surface area contributed by atoms with E-state index in [4.69, 9.17) is 0 Å². The number of carbonyl (C=O) groups excluding carboxylic acids is 2. The van der Waals surface area contributed by atoms with E-state index in [1.165, 1.54) is 18.3 Å². The van der Waals surface area contributed by atoms with Crippen LogP contribution in [0.4, 0.5) is 5.13 Å². The highest BCUT2D eigenvalue weighted by Gasteiger charge is 2.28. The normalized spacial score (nSPS) is 16.2. The molecule has 1 aromatic carbocycles. The lowest BCUT2D eigenvalue weighted by atomic mass is 9.93. The van der Waals surface area contributed by atoms with Crippen molar-refractivity contribution >= 4 is 34.4 Å². The molecule has 22 heavy (non-hydrogen) atoms. The van der Waals surface area contributed by atoms with Crippen LogP contribution in [0.25, 0.3) is 6.08 Å². The number of benzene rings is 1. The largest absolute Gasteiger partial charge is 0.311 e. The van der Waals surface area contributed by atoms with Gasteiger partial charge in [0.1, 0.15) is 5.51 Å². The van der Waals surface area contributed by atoms with Crippen molar-refractivity contribution in [3.05, 3.63) is 47.1 Å². The molecule has 2 aromatic rings. The number of anilines is 1. The molecule has 0 bridgehead atoms. The van der Waals surface area contributed by atoms with Gasteiger partial charge in [-0.3, -0.25) is 9.59 Å². The monoisotopic (exact) mass is 314 g/mol. The third-order valence-corrected chi connectivity index (χ3v) is 4.06. The lowest BCUT2D eigenvalue weighted by Gasteiger charge is -2.32. The molecule has 1 aromatic heterocycles. The van der Waals surface area contributed by atoms with Crippen molar-refractivity contribution in [3.8, 4) is 0 Å². The molecule has 3 rings (SSSR count). The molecule has 2 amide bonds. The van der Waals surface area contributed by atoms with Crippen LogP contribution in [0.3, 0.4) is 0 Å². The van der Waals surface area contributed by atoms with Crippen LogP contribution in [0.15, 0.2) is 36.0 Å². The van der Waals surface area contributed by atoms with Crippen LogP contribution >= 0.6 is 11.3 Å². The first-order valence-corrected chi connectivity index (χ1v) is 7.65. The number of nitrogens with zero attached hydrogens (tertiary/aromatic N) is 3. The number of hydrogen-bond donors (Lipinski definition) is 1. The predicted molar refractivity (Wildman–Crippen MR) is 83.9 cm³/mol. The van der Waals surface area contributed by atoms with Gasteiger partial charge in [0.05, 0.1) is 12.5 Å². The van der Waals surface area contributed by atoms with Gasteiger partial charge in [0.25, 0.3) is 0 Å². The van der Waals surface area contributed by atoms with Crippen LogP contribution < -0.4 is 5.32 Å². The number of aromatic nitrogens is 2. The van der Waals surface area contributed by atoms with Gasteiger partial charge < -0.3 is 10.2 Å². The molecule has 112 valence electrons. The van der Waals surface area contributed by atoms with Crippen molar-refractivity contribution in [1.82, 2.24) is 15.1 Å². The van der Waals surface area contributed by atoms with Crippen LogP contribution in [-0.4, -0.2) is 26.9 Å². The van der Waals surface area contributed by atoms with Crippen molar-refractivity contribution in [1.29, 1.82) is 0 Å². The van der Waals surface area contributed by atoms with Crippen LogP contribution in [0, 0.1) is 0 Å². The maximum absolute atomic E-state index is 12.2. The molecule has 2 heterocycles. The molecule has 0 aliphatic carbocycles. The highest BCUT2D eigenvalue weighted by Crippen LogP contribution is 2.33. The van der Waals surface area contributed by atoms with E-state index in [2.05, 4.69) is 15.5 Å². The van der Waals surface area contributed by atoms with Gasteiger partial charge in [0.15, 0.2) is 0 Å². The van der Waals surface area contributed by atoms with Gasteiger partial charge in [-0.15, -0.1) is 10.2 Å². The second-order valence-electron chi connectivity index (χ2n) is 4.88. The predicted octanol–water partition coefficient (Wildman–Crippen LogP) is 2.44. The average Bonchev–Trinajstić information content (AvgIpc) is 3.00. The van der Waals surface area contributed by atoms with Crippen molar-refractivity contribution in [2.45, 2.75) is 19.4 Å². The lowest BCUT2D eigenvalue weighted by Crippen LogP contribution is -2.33. The van der Waals surface area contributed by atoms with Gasteiger partial charge in [-0.2, -0.15) is 0 Å². The molecule has 0 fully saturated rings. The Morgan fingerprint density at radius 2 is 2.18 bits per heavy atom. The zero-order chi connectivity index (χ0) is 15.5. The molecular formula is C15H14N4O2S. The van der Waals surface area contributed by atoms with Gasteiger partial charge in [-0.25, -0.2) is 0 Å². The second kappa shape index (κ2) is 6.07. The molecule has 7 heteroatoms. The summed E-state index contributed by atoms with van der Waals surface area (Å²) in [6.07, 6.45) is 3.78. The zero-order valence-corrected chi connectivity index (χ0v) is 12.7. The highest BCUT2D eigenvalue weighted by atomic mass is 32.1. The summed E-state index contributed by atoms with van der Waals surface area (Å²) in [7, 11) is 0. The number of hydrogen-bond acceptors (Lipinski definition) is 5. The molecule has 0 radical (unpaired) electrons. The Balaban J connectivity index is 1.83. The van der Waals surface area contributed by atoms with Gasteiger partial charge in [-0.05, 0) is 17.2 Å². The smallest absolute Gasteiger partial charge is 0.228 e. The first-order chi connectivity index (χ1) is 10.6. The fourth-order valence-corrected chi connectivity index (χ4v) is 2.95. The van der Waals surface area contributed by atoms with Gasteiger partial charge in [0, 0.05) is 13.1 Å². The Kier molecular flexibility index (Phi) is 3.97. The van der Waals surface area contributed by atoms with E-state index in [0.717, 1.165) is 11.1 Å². The quantitative estimate of drug-likeness (QED) is 0.944. The lowest BCUT2D eigenvalue weighted by molar-refractivity contribution is -0.129. The second-order valence-corrected chi connectivity index (χ2v) is 5.72. The first-order valence-electron chi connectivity index (χ1n) is 6.77. The van der Waals surface area contributed by atoms with Crippen molar-refractivity contribution < 1.29 is 9.59 Å². The molecular weight excluding hydrogens is 300 g/mol. The minimum atomic E-state index is -0.313. The van der Waals surface area contributed by atoms with Crippen molar-refractivity contribution in [2.75, 3.05) is 5.32 Å². The Hall–Kier alpha value is -2.54. The maximum Gasteiger partial charge on any atom is 0.228 e. The first kappa shape index (κ1) is 14.4. The molecule has 0 saturated heterocycles. The minimum Gasteiger partial charge on any atom is -0.311 e. The van der Waals surface area contributed by atoms with Crippen LogP contribution in [0.5, 0.6) is 0 Å². The molecule has 1 N–H and O–H groups in total. The third-order valence-electron chi connectivity index (χ3n) is 3.45. The molecule has 0 saturated carbocycles. The van der Waals surface area contributed by atoms with E-state index < -0.39 is 0 Å². The summed E-state index contributed by atoms with van der Waals surface area (Å²) in [6.45, 7) is 1.49. The maximum atomic E-state index is 12.2. The number of fused-ring (bicyclic) bond motifs is 1. The number of nitrogens with one attached hydrogen (secondary N) is 1. The molecule has 1 aliphatic rings. The van der Waals surface area contributed by atoms with Crippen LogP contribution in [0.2, 0.25) is 0 Å². The SMILES string of the molecule is CC(=O)N1C=Cc2ccccc2C1CC(=O)Nc1nncs1. The van der Waals surface area contributed by atoms with E-state index in [9.17, 15) is 9.59 Å².